The summed E-state index contributed by atoms with van der Waals surface area (Å²) in [5.41, 5.74) is 1.14. The van der Waals surface area contributed by atoms with Crippen LogP contribution in [0.5, 0.6) is 5.75 Å². The molecule has 5 nitrogen and oxygen atoms in total. The molecule has 138 valence electrons. The molecule has 1 heterocycles. The molecular weight excluding hydrogens is 447 g/mol. The first kappa shape index (κ1) is 21.7. The summed E-state index contributed by atoms with van der Waals surface area (Å²) < 4.78 is 5.67. The van der Waals surface area contributed by atoms with Gasteiger partial charge >= 0.3 is 0 Å². The van der Waals surface area contributed by atoms with E-state index in [2.05, 4.69) is 46.8 Å². The van der Waals surface area contributed by atoms with Crippen molar-refractivity contribution >= 4 is 41.3 Å². The topological polar surface area (TPSA) is 58.5 Å². The molecule has 7 heteroatoms. The Morgan fingerprint density at radius 3 is 2.64 bits per heavy atom. The summed E-state index contributed by atoms with van der Waals surface area (Å²) in [6, 6.07) is 9.81. The van der Waals surface area contributed by atoms with E-state index in [1.54, 1.807) is 11.3 Å². The number of rotatable bonds is 8. The number of nitrogens with zero attached hydrogens (tertiary/aromatic N) is 2. The van der Waals surface area contributed by atoms with Crippen molar-refractivity contribution in [1.29, 1.82) is 0 Å². The molecule has 2 N–H and O–H groups in total. The normalized spacial score (nSPS) is 11.1. The van der Waals surface area contributed by atoms with E-state index in [0.29, 0.717) is 25.6 Å². The minimum Gasteiger partial charge on any atom is -0.492 e. The number of aromatic nitrogens is 1. The maximum Gasteiger partial charge on any atom is 0.191 e. The van der Waals surface area contributed by atoms with Crippen LogP contribution in [0.15, 0.2) is 40.7 Å². The fourth-order valence-electron chi connectivity index (χ4n) is 2.01. The number of hydrogen-bond acceptors (Lipinski definition) is 4. The van der Waals surface area contributed by atoms with Gasteiger partial charge in [0.15, 0.2) is 5.96 Å². The standard InChI is InChI=1S/C18H26N4OS.HI/c1-4-19-18(20-10-11-23-15-8-6-5-7-9-15)21-12-17-22-16(13-24-17)14(2)3;/h5-9,13-14H,4,10-12H2,1-3H3,(H2,19,20,21);1H. The number of aliphatic imine (C=N–C) groups is 1. The molecule has 0 saturated heterocycles. The lowest BCUT2D eigenvalue weighted by molar-refractivity contribution is 0.322. The van der Waals surface area contributed by atoms with Crippen LogP contribution in [0, 0.1) is 0 Å². The van der Waals surface area contributed by atoms with Crippen LogP contribution in [0.2, 0.25) is 0 Å². The van der Waals surface area contributed by atoms with Crippen LogP contribution in [0.25, 0.3) is 0 Å². The first-order valence-corrected chi connectivity index (χ1v) is 9.21. The lowest BCUT2D eigenvalue weighted by Crippen LogP contribution is -2.39. The molecule has 0 atom stereocenters. The Balaban J connectivity index is 0.00000312. The first-order valence-electron chi connectivity index (χ1n) is 8.33. The molecule has 25 heavy (non-hydrogen) atoms. The number of para-hydroxylation sites is 1. The molecule has 0 fully saturated rings. The van der Waals surface area contributed by atoms with Crippen LogP contribution < -0.4 is 15.4 Å². The quantitative estimate of drug-likeness (QED) is 0.263. The number of thiazole rings is 1. The van der Waals surface area contributed by atoms with Gasteiger partial charge in [-0.25, -0.2) is 9.98 Å². The van der Waals surface area contributed by atoms with Gasteiger partial charge in [0.1, 0.15) is 17.4 Å². The highest BCUT2D eigenvalue weighted by Crippen LogP contribution is 2.18. The Bertz CT molecular complexity index is 631. The molecule has 1 aromatic carbocycles. The minimum atomic E-state index is 0. The van der Waals surface area contributed by atoms with Gasteiger partial charge < -0.3 is 15.4 Å². The van der Waals surface area contributed by atoms with Gasteiger partial charge in [-0.05, 0) is 25.0 Å². The number of nitrogens with one attached hydrogen (secondary N) is 2. The fraction of sp³-hybridized carbons (Fsp3) is 0.444. The Hall–Kier alpha value is -1.35. The maximum atomic E-state index is 5.67. The molecule has 2 rings (SSSR count). The van der Waals surface area contributed by atoms with E-state index in [4.69, 9.17) is 4.74 Å². The highest BCUT2D eigenvalue weighted by atomic mass is 127. The SMILES string of the molecule is CCNC(=NCc1nc(C(C)C)cs1)NCCOc1ccccc1.I. The van der Waals surface area contributed by atoms with Gasteiger partial charge in [-0.1, -0.05) is 32.0 Å². The van der Waals surface area contributed by atoms with Gasteiger partial charge in [-0.2, -0.15) is 0 Å². The van der Waals surface area contributed by atoms with Gasteiger partial charge in [-0.15, -0.1) is 35.3 Å². The lowest BCUT2D eigenvalue weighted by Gasteiger charge is -2.11. The van der Waals surface area contributed by atoms with Crippen LogP contribution in [0.4, 0.5) is 0 Å². The predicted molar refractivity (Wildman–Crippen MR) is 116 cm³/mol. The van der Waals surface area contributed by atoms with Crippen molar-refractivity contribution in [1.82, 2.24) is 15.6 Å². The summed E-state index contributed by atoms with van der Waals surface area (Å²) in [5.74, 6) is 2.13. The maximum absolute atomic E-state index is 5.67. The van der Waals surface area contributed by atoms with Gasteiger partial charge in [0.2, 0.25) is 0 Å². The summed E-state index contributed by atoms with van der Waals surface area (Å²) >= 11 is 1.67. The van der Waals surface area contributed by atoms with Gasteiger partial charge in [0.25, 0.3) is 0 Å². The van der Waals surface area contributed by atoms with E-state index in [1.165, 1.54) is 0 Å². The second kappa shape index (κ2) is 12.1. The summed E-state index contributed by atoms with van der Waals surface area (Å²) in [6.07, 6.45) is 0. The van der Waals surface area contributed by atoms with Crippen LogP contribution >= 0.6 is 35.3 Å². The van der Waals surface area contributed by atoms with E-state index in [9.17, 15) is 0 Å². The minimum absolute atomic E-state index is 0. The van der Waals surface area contributed by atoms with Crippen molar-refractivity contribution in [3.8, 4) is 5.75 Å². The monoisotopic (exact) mass is 474 g/mol. The fourth-order valence-corrected chi connectivity index (χ4v) is 2.89. The second-order valence-corrected chi connectivity index (χ2v) is 6.55. The largest absolute Gasteiger partial charge is 0.492 e. The molecule has 2 aromatic rings. The van der Waals surface area contributed by atoms with Crippen molar-refractivity contribution in [3.63, 3.8) is 0 Å². The summed E-state index contributed by atoms with van der Waals surface area (Å²) in [5, 5.41) is 9.68. The number of guanidine groups is 1. The zero-order valence-electron chi connectivity index (χ0n) is 15.0. The number of hydrogen-bond donors (Lipinski definition) is 2. The van der Waals surface area contributed by atoms with Crippen molar-refractivity contribution < 1.29 is 4.74 Å². The van der Waals surface area contributed by atoms with Gasteiger partial charge in [0, 0.05) is 11.9 Å². The molecule has 0 aliphatic heterocycles. The highest BCUT2D eigenvalue weighted by molar-refractivity contribution is 14.0. The molecule has 0 aliphatic carbocycles. The Morgan fingerprint density at radius 1 is 1.24 bits per heavy atom. The van der Waals surface area contributed by atoms with Crippen molar-refractivity contribution in [2.24, 2.45) is 4.99 Å². The van der Waals surface area contributed by atoms with E-state index in [0.717, 1.165) is 29.0 Å². The van der Waals surface area contributed by atoms with Crippen LogP contribution in [-0.2, 0) is 6.54 Å². The highest BCUT2D eigenvalue weighted by Gasteiger charge is 2.05. The van der Waals surface area contributed by atoms with E-state index < -0.39 is 0 Å². The van der Waals surface area contributed by atoms with Crippen LogP contribution in [0.1, 0.15) is 37.4 Å². The molecule has 0 spiro atoms. The van der Waals surface area contributed by atoms with Crippen molar-refractivity contribution in [2.75, 3.05) is 19.7 Å². The molecule has 0 unspecified atom stereocenters. The third kappa shape index (κ3) is 8.04. The average Bonchev–Trinajstić information content (AvgIpc) is 3.06. The lowest BCUT2D eigenvalue weighted by atomic mass is 10.2. The predicted octanol–water partition coefficient (Wildman–Crippen LogP) is 4.02. The molecule has 0 saturated carbocycles. The average molecular weight is 474 g/mol. The van der Waals surface area contributed by atoms with E-state index in [-0.39, 0.29) is 24.0 Å². The smallest absolute Gasteiger partial charge is 0.191 e. The number of ether oxygens (including phenoxy) is 1. The molecule has 0 bridgehead atoms. The molecular formula is C18H27IN4OS. The van der Waals surface area contributed by atoms with Crippen molar-refractivity contribution in [2.45, 2.75) is 33.2 Å². The van der Waals surface area contributed by atoms with E-state index >= 15 is 0 Å². The van der Waals surface area contributed by atoms with Crippen molar-refractivity contribution in [3.05, 3.63) is 46.4 Å². The summed E-state index contributed by atoms with van der Waals surface area (Å²) in [6.45, 7) is 9.05. The number of halogens is 1. The Labute approximate surface area is 171 Å². The van der Waals surface area contributed by atoms with E-state index in [1.807, 2.05) is 30.3 Å². The molecule has 0 aliphatic rings. The molecule has 0 radical (unpaired) electrons. The third-order valence-corrected chi connectivity index (χ3v) is 4.14. The van der Waals surface area contributed by atoms with Gasteiger partial charge in [0.05, 0.1) is 18.8 Å². The number of benzene rings is 1. The second-order valence-electron chi connectivity index (χ2n) is 5.60. The first-order chi connectivity index (χ1) is 11.7. The summed E-state index contributed by atoms with van der Waals surface area (Å²) in [4.78, 5) is 9.20. The van der Waals surface area contributed by atoms with Crippen LogP contribution in [0.3, 0.4) is 0 Å². The zero-order valence-corrected chi connectivity index (χ0v) is 18.1. The zero-order chi connectivity index (χ0) is 17.2. The van der Waals surface area contributed by atoms with Gasteiger partial charge in [-0.3, -0.25) is 0 Å². The Morgan fingerprint density at radius 2 is 2.00 bits per heavy atom. The molecule has 1 aromatic heterocycles. The third-order valence-electron chi connectivity index (χ3n) is 3.28. The molecule has 0 amide bonds. The Kier molecular flexibility index (Phi) is 10.5. The van der Waals surface area contributed by atoms with Crippen LogP contribution in [-0.4, -0.2) is 30.6 Å². The summed E-state index contributed by atoms with van der Waals surface area (Å²) in [7, 11) is 0.